The number of halogens is 10. The predicted octanol–water partition coefficient (Wildman–Crippen LogP) is 8.55. The third-order valence-corrected chi connectivity index (χ3v) is 14.2. The second-order valence-electron chi connectivity index (χ2n) is 12.8. The van der Waals surface area contributed by atoms with Crippen LogP contribution in [-0.2, 0) is 4.44 Å². The minimum absolute atomic E-state index is 0.221. The van der Waals surface area contributed by atoms with E-state index in [9.17, 15) is 8.78 Å². The molecule has 1 heterocycles. The Labute approximate surface area is 272 Å². The topological polar surface area (TPSA) is 9.23 Å². The van der Waals surface area contributed by atoms with Crippen LogP contribution < -0.4 is 21.5 Å². The van der Waals surface area contributed by atoms with Crippen molar-refractivity contribution in [3.63, 3.8) is 0 Å². The van der Waals surface area contributed by atoms with Gasteiger partial charge in [-0.05, 0) is 76.3 Å². The van der Waals surface area contributed by atoms with Gasteiger partial charge in [0.25, 0.3) is 0 Å². The fourth-order valence-corrected chi connectivity index (χ4v) is 13.5. The summed E-state index contributed by atoms with van der Waals surface area (Å²) in [5.41, 5.74) is -0.846. The summed E-state index contributed by atoms with van der Waals surface area (Å²) in [6, 6.07) is 7.02. The van der Waals surface area contributed by atoms with Gasteiger partial charge in [0.2, 0.25) is 6.35 Å². The molecule has 1 saturated heterocycles. The Hall–Kier alpha value is -3.63. The zero-order valence-corrected chi connectivity index (χ0v) is 27.9. The second kappa shape index (κ2) is 12.1. The fraction of sp³-hybridized carbons (Fsp3) is 0.257. The van der Waals surface area contributed by atoms with Crippen LogP contribution in [0.25, 0.3) is 0 Å². The number of aryl methyl sites for hydroxylation is 6. The summed E-state index contributed by atoms with van der Waals surface area (Å²) in [6.45, 7) is 15.9. The quantitative estimate of drug-likeness (QED) is 0.0507. The van der Waals surface area contributed by atoms with E-state index in [4.69, 9.17) is 4.44 Å². The Morgan fingerprint density at radius 1 is 0.562 bits per heavy atom. The Bertz CT molecular complexity index is 1830. The molecule has 254 valence electrons. The van der Waals surface area contributed by atoms with Crippen LogP contribution in [-0.4, -0.2) is 12.0 Å². The summed E-state index contributed by atoms with van der Waals surface area (Å²) in [7, 11) is -3.94. The van der Waals surface area contributed by atoms with E-state index in [1.807, 2.05) is 0 Å². The molecule has 13 heteroatoms. The van der Waals surface area contributed by atoms with Gasteiger partial charge in [0.1, 0.15) is 33.9 Å². The van der Waals surface area contributed by atoms with Gasteiger partial charge < -0.3 is 4.44 Å². The van der Waals surface area contributed by atoms with Crippen LogP contribution in [0.1, 0.15) is 40.3 Å². The second-order valence-corrected chi connectivity index (χ2v) is 15.8. The van der Waals surface area contributed by atoms with Crippen molar-refractivity contribution in [2.75, 3.05) is 0 Å². The molecule has 1 atom stereocenters. The molecule has 0 bridgehead atoms. The zero-order chi connectivity index (χ0) is 35.9. The number of benzene rings is 4. The van der Waals surface area contributed by atoms with Gasteiger partial charge in [-0.25, -0.2) is 43.9 Å². The first-order chi connectivity index (χ1) is 22.2. The van der Waals surface area contributed by atoms with Crippen LogP contribution >= 0.6 is 7.49 Å². The highest BCUT2D eigenvalue weighted by Crippen LogP contribution is 2.73. The molecule has 0 radical (unpaired) electrons. The number of hydrogen-bond acceptors (Lipinski definition) is 1. The van der Waals surface area contributed by atoms with Crippen molar-refractivity contribution in [1.29, 1.82) is 0 Å². The number of rotatable bonds is 5. The largest absolute Gasteiger partial charge is 0.422 e. The molecule has 0 spiro atoms. The van der Waals surface area contributed by atoms with Gasteiger partial charge >= 0.3 is 0 Å². The first-order valence-corrected chi connectivity index (χ1v) is 16.6. The maximum absolute atomic E-state index is 16.0. The molecule has 1 aliphatic rings. The van der Waals surface area contributed by atoms with E-state index in [0.717, 1.165) is 11.1 Å². The molecule has 48 heavy (non-hydrogen) atoms. The van der Waals surface area contributed by atoms with E-state index >= 15 is 35.1 Å². The molecule has 4 aromatic rings. The van der Waals surface area contributed by atoms with E-state index in [2.05, 4.69) is 6.58 Å². The lowest BCUT2D eigenvalue weighted by molar-refractivity contribution is 0.379. The molecular weight excluding hydrogens is 668 g/mol. The smallest absolute Gasteiger partial charge is 0.236 e. The van der Waals surface area contributed by atoms with Crippen molar-refractivity contribution in [2.24, 2.45) is 0 Å². The van der Waals surface area contributed by atoms with Crippen LogP contribution in [0, 0.1) is 99.7 Å². The van der Waals surface area contributed by atoms with Crippen molar-refractivity contribution < 1.29 is 48.3 Å². The minimum atomic E-state index is -4.51. The monoisotopic (exact) mass is 698 g/mol. The summed E-state index contributed by atoms with van der Waals surface area (Å²) in [5, 5.41) is 0.820. The average molecular weight is 698 g/mol. The Morgan fingerprint density at radius 2 is 0.833 bits per heavy atom. The van der Waals surface area contributed by atoms with Crippen molar-refractivity contribution in [2.45, 2.75) is 60.4 Å². The molecule has 0 aliphatic carbocycles. The van der Waals surface area contributed by atoms with Crippen LogP contribution in [0.5, 0.6) is 0 Å². The Balaban J connectivity index is 2.13. The highest BCUT2D eigenvalue weighted by atomic mass is 31.2. The maximum Gasteiger partial charge on any atom is 0.236 e. The SMILES string of the molecule is C=C(C)[C@H]1C[B-](c2c(F)c(F)c(F)c(F)c2F)(c2c(F)c(F)c(F)c(F)c2F)O[P+]1(c1c(C)cc(C)cc1C)c1c(C)cc(C)cc1C. The minimum Gasteiger partial charge on any atom is -0.422 e. The van der Waals surface area contributed by atoms with Gasteiger partial charge in [-0.3, -0.25) is 0 Å². The summed E-state index contributed by atoms with van der Waals surface area (Å²) in [4.78, 5) is 0. The molecular formula is C35H30BF10OP. The summed E-state index contributed by atoms with van der Waals surface area (Å²) >= 11 is 0. The normalized spacial score (nSPS) is 16.9. The van der Waals surface area contributed by atoms with Crippen LogP contribution in [0.2, 0.25) is 6.32 Å². The lowest BCUT2D eigenvalue weighted by atomic mass is 9.29. The predicted molar refractivity (Wildman–Crippen MR) is 169 cm³/mol. The molecule has 4 aromatic carbocycles. The third kappa shape index (κ3) is 4.92. The van der Waals surface area contributed by atoms with Gasteiger partial charge in [-0.2, -0.15) is 0 Å². The molecule has 0 aromatic heterocycles. The number of hydrogen-bond donors (Lipinski definition) is 0. The summed E-state index contributed by atoms with van der Waals surface area (Å²) in [5.74, 6) is -25.2. The van der Waals surface area contributed by atoms with Gasteiger partial charge in [0.05, 0.1) is 5.66 Å². The van der Waals surface area contributed by atoms with Gasteiger partial charge in [0, 0.05) is 0 Å². The molecule has 1 aliphatic heterocycles. The molecule has 0 saturated carbocycles. The summed E-state index contributed by atoms with van der Waals surface area (Å²) in [6.07, 6.45) is -5.45. The van der Waals surface area contributed by atoms with Crippen molar-refractivity contribution in [3.05, 3.63) is 128 Å². The van der Waals surface area contributed by atoms with E-state index < -0.39 is 94.9 Å². The van der Waals surface area contributed by atoms with E-state index in [1.165, 1.54) is 6.92 Å². The van der Waals surface area contributed by atoms with Gasteiger partial charge in [-0.1, -0.05) is 59.2 Å². The van der Waals surface area contributed by atoms with E-state index in [-0.39, 0.29) is 5.57 Å². The maximum atomic E-state index is 16.0. The van der Waals surface area contributed by atoms with Crippen molar-refractivity contribution >= 4 is 35.4 Å². The molecule has 1 fully saturated rings. The average Bonchev–Trinajstić information content (AvgIpc) is 3.32. The standard InChI is InChI=1S/C35H30BF10OP/c1-14(2)21-13-36(22-24(37)28(41)32(45)29(42)25(22)38,23-26(39)30(43)33(46)31(44)27(23)40)47-48(21,34-17(5)9-15(3)10-18(34)6)35-19(7)11-16(4)12-20(35)8/h9-12,21H,1,13H2,2-8H3/t21-/m1/s1. The molecule has 0 amide bonds. The molecule has 0 N–H and O–H groups in total. The highest BCUT2D eigenvalue weighted by Gasteiger charge is 2.66. The van der Waals surface area contributed by atoms with E-state index in [1.54, 1.807) is 65.8 Å². The van der Waals surface area contributed by atoms with Gasteiger partial charge in [0.15, 0.2) is 42.4 Å². The lowest BCUT2D eigenvalue weighted by Gasteiger charge is -2.40. The first kappa shape index (κ1) is 35.7. The number of allylic oxidation sites excluding steroid dienone is 1. The van der Waals surface area contributed by atoms with Gasteiger partial charge in [-0.15, -0.1) is 0 Å². The highest BCUT2D eigenvalue weighted by molar-refractivity contribution is 7.88. The molecule has 0 unspecified atom stereocenters. The van der Waals surface area contributed by atoms with Crippen LogP contribution in [0.4, 0.5) is 43.9 Å². The van der Waals surface area contributed by atoms with Crippen LogP contribution in [0.3, 0.4) is 0 Å². The lowest BCUT2D eigenvalue weighted by Crippen LogP contribution is -2.64. The van der Waals surface area contributed by atoms with Crippen molar-refractivity contribution in [1.82, 2.24) is 0 Å². The van der Waals surface area contributed by atoms with E-state index in [0.29, 0.717) is 32.9 Å². The van der Waals surface area contributed by atoms with Crippen LogP contribution in [0.15, 0.2) is 36.4 Å². The van der Waals surface area contributed by atoms with Crippen molar-refractivity contribution in [3.8, 4) is 0 Å². The summed E-state index contributed by atoms with van der Waals surface area (Å²) < 4.78 is 160. The molecule has 5 rings (SSSR count). The Kier molecular flexibility index (Phi) is 8.96. The first-order valence-electron chi connectivity index (χ1n) is 14.9. The Morgan fingerprint density at radius 3 is 1.10 bits per heavy atom. The molecule has 1 nitrogen and oxygen atoms in total. The third-order valence-electron chi connectivity index (χ3n) is 9.26. The zero-order valence-electron chi connectivity index (χ0n) is 27.0. The fourth-order valence-electron chi connectivity index (χ4n) is 7.84.